The minimum atomic E-state index is -0.512. The molecule has 0 saturated carbocycles. The SMILES string of the molecule is CC(C)(C)OC(=O)N1CCC(c2ncccc2NC(=O)c2ccnc(Cl)c2)CC1. The second kappa shape index (κ2) is 8.78. The first-order valence-electron chi connectivity index (χ1n) is 9.59. The fourth-order valence-electron chi connectivity index (χ4n) is 3.25. The van der Waals surface area contributed by atoms with E-state index in [0.717, 1.165) is 18.5 Å². The Bertz CT molecular complexity index is 889. The van der Waals surface area contributed by atoms with Crippen LogP contribution in [-0.4, -0.2) is 45.6 Å². The molecule has 1 aliphatic rings. The fourth-order valence-corrected chi connectivity index (χ4v) is 3.42. The Morgan fingerprint density at radius 2 is 1.90 bits per heavy atom. The molecule has 8 heteroatoms. The van der Waals surface area contributed by atoms with Crippen molar-refractivity contribution in [1.29, 1.82) is 0 Å². The summed E-state index contributed by atoms with van der Waals surface area (Å²) in [4.78, 5) is 35.0. The molecule has 154 valence electrons. The molecule has 2 aromatic rings. The summed E-state index contributed by atoms with van der Waals surface area (Å²) in [6, 6.07) is 6.75. The number of nitrogens with zero attached hydrogens (tertiary/aromatic N) is 3. The minimum absolute atomic E-state index is 0.145. The van der Waals surface area contributed by atoms with E-state index in [1.165, 1.54) is 12.3 Å². The van der Waals surface area contributed by atoms with Crippen molar-refractivity contribution in [3.8, 4) is 0 Å². The Hall–Kier alpha value is -2.67. The summed E-state index contributed by atoms with van der Waals surface area (Å²) < 4.78 is 5.45. The summed E-state index contributed by atoms with van der Waals surface area (Å²) in [5.74, 6) is -0.124. The summed E-state index contributed by atoms with van der Waals surface area (Å²) in [6.45, 7) is 6.75. The van der Waals surface area contributed by atoms with Gasteiger partial charge in [-0.25, -0.2) is 9.78 Å². The van der Waals surface area contributed by atoms with Crippen molar-refractivity contribution >= 4 is 29.3 Å². The lowest BCUT2D eigenvalue weighted by molar-refractivity contribution is 0.0204. The van der Waals surface area contributed by atoms with Crippen LogP contribution in [0.25, 0.3) is 0 Å². The van der Waals surface area contributed by atoms with Crippen molar-refractivity contribution in [2.45, 2.75) is 45.1 Å². The zero-order chi connectivity index (χ0) is 21.0. The van der Waals surface area contributed by atoms with Crippen molar-refractivity contribution in [3.63, 3.8) is 0 Å². The van der Waals surface area contributed by atoms with Crippen molar-refractivity contribution in [3.05, 3.63) is 53.1 Å². The largest absolute Gasteiger partial charge is 0.444 e. The highest BCUT2D eigenvalue weighted by Gasteiger charge is 2.29. The van der Waals surface area contributed by atoms with Crippen LogP contribution in [0.4, 0.5) is 10.5 Å². The van der Waals surface area contributed by atoms with Gasteiger partial charge in [-0.05, 0) is 57.9 Å². The van der Waals surface area contributed by atoms with Gasteiger partial charge in [-0.1, -0.05) is 11.6 Å². The van der Waals surface area contributed by atoms with Crippen molar-refractivity contribution in [2.75, 3.05) is 18.4 Å². The van der Waals surface area contributed by atoms with Crippen LogP contribution in [0.5, 0.6) is 0 Å². The highest BCUT2D eigenvalue weighted by molar-refractivity contribution is 6.29. The maximum atomic E-state index is 12.6. The molecule has 3 rings (SSSR count). The quantitative estimate of drug-likeness (QED) is 0.745. The maximum absolute atomic E-state index is 12.6. The maximum Gasteiger partial charge on any atom is 0.410 e. The van der Waals surface area contributed by atoms with Crippen molar-refractivity contribution < 1.29 is 14.3 Å². The summed E-state index contributed by atoms with van der Waals surface area (Å²) in [5, 5.41) is 3.19. The lowest BCUT2D eigenvalue weighted by Crippen LogP contribution is -2.41. The van der Waals surface area contributed by atoms with Gasteiger partial charge in [-0.15, -0.1) is 0 Å². The van der Waals surface area contributed by atoms with E-state index in [-0.39, 0.29) is 23.1 Å². The molecule has 1 fully saturated rings. The molecule has 0 unspecified atom stereocenters. The molecule has 0 radical (unpaired) electrons. The molecular formula is C21H25ClN4O3. The van der Waals surface area contributed by atoms with Gasteiger partial charge >= 0.3 is 6.09 Å². The van der Waals surface area contributed by atoms with Crippen LogP contribution in [0.3, 0.4) is 0 Å². The average molecular weight is 417 g/mol. The Labute approximate surface area is 175 Å². The molecule has 0 aromatic carbocycles. The number of likely N-dealkylation sites (tertiary alicyclic amines) is 1. The van der Waals surface area contributed by atoms with Gasteiger partial charge in [-0.2, -0.15) is 0 Å². The van der Waals surface area contributed by atoms with E-state index in [1.807, 2.05) is 26.8 Å². The third-order valence-electron chi connectivity index (χ3n) is 4.61. The number of piperidine rings is 1. The number of hydrogen-bond donors (Lipinski definition) is 1. The number of ether oxygens (including phenoxy) is 1. The topological polar surface area (TPSA) is 84.4 Å². The number of carbonyl (C=O) groups is 2. The molecular weight excluding hydrogens is 392 g/mol. The standard InChI is InChI=1S/C21H25ClN4O3/c1-21(2,3)29-20(28)26-11-7-14(8-12-26)18-16(5-4-9-24-18)25-19(27)15-6-10-23-17(22)13-15/h4-6,9-10,13-14H,7-8,11-12H2,1-3H3,(H,25,27). The van der Waals surface area contributed by atoms with Gasteiger partial charge in [0.1, 0.15) is 10.8 Å². The lowest BCUT2D eigenvalue weighted by atomic mass is 9.92. The molecule has 0 bridgehead atoms. The number of aromatic nitrogens is 2. The number of anilines is 1. The summed E-state index contributed by atoms with van der Waals surface area (Å²) in [7, 11) is 0. The molecule has 2 amide bonds. The van der Waals surface area contributed by atoms with Gasteiger partial charge in [0.15, 0.2) is 0 Å². The van der Waals surface area contributed by atoms with E-state index >= 15 is 0 Å². The Morgan fingerprint density at radius 3 is 2.55 bits per heavy atom. The zero-order valence-corrected chi connectivity index (χ0v) is 17.6. The van der Waals surface area contributed by atoms with Gasteiger partial charge in [0.2, 0.25) is 0 Å². The van der Waals surface area contributed by atoms with Crippen molar-refractivity contribution in [1.82, 2.24) is 14.9 Å². The molecule has 3 heterocycles. The van der Waals surface area contributed by atoms with E-state index in [9.17, 15) is 9.59 Å². The van der Waals surface area contributed by atoms with E-state index in [2.05, 4.69) is 15.3 Å². The van der Waals surface area contributed by atoms with Crippen LogP contribution in [0, 0.1) is 0 Å². The first kappa shape index (κ1) is 21.0. The lowest BCUT2D eigenvalue weighted by Gasteiger charge is -2.33. The summed E-state index contributed by atoms with van der Waals surface area (Å²) >= 11 is 5.88. The van der Waals surface area contributed by atoms with Gasteiger partial charge in [0.05, 0.1) is 11.4 Å². The number of halogens is 1. The predicted octanol–water partition coefficient (Wildman–Crippen LogP) is 4.50. The number of rotatable bonds is 3. The second-order valence-corrected chi connectivity index (χ2v) is 8.39. The van der Waals surface area contributed by atoms with Crippen LogP contribution in [0.1, 0.15) is 55.6 Å². The highest BCUT2D eigenvalue weighted by Crippen LogP contribution is 2.32. The summed E-state index contributed by atoms with van der Waals surface area (Å²) in [6.07, 6.45) is 4.42. The smallest absolute Gasteiger partial charge is 0.410 e. The van der Waals surface area contributed by atoms with Crippen LogP contribution in [0.15, 0.2) is 36.7 Å². The molecule has 1 N–H and O–H groups in total. The molecule has 7 nitrogen and oxygen atoms in total. The number of carbonyl (C=O) groups excluding carboxylic acids is 2. The molecule has 29 heavy (non-hydrogen) atoms. The third-order valence-corrected chi connectivity index (χ3v) is 4.82. The Balaban J connectivity index is 1.67. The Kier molecular flexibility index (Phi) is 6.37. The minimum Gasteiger partial charge on any atom is -0.444 e. The monoisotopic (exact) mass is 416 g/mol. The first-order chi connectivity index (χ1) is 13.7. The number of hydrogen-bond acceptors (Lipinski definition) is 5. The number of nitrogens with one attached hydrogen (secondary N) is 1. The molecule has 0 spiro atoms. The zero-order valence-electron chi connectivity index (χ0n) is 16.8. The highest BCUT2D eigenvalue weighted by atomic mass is 35.5. The fraction of sp³-hybridized carbons (Fsp3) is 0.429. The number of pyridine rings is 2. The molecule has 2 aromatic heterocycles. The van der Waals surface area contributed by atoms with Crippen molar-refractivity contribution in [2.24, 2.45) is 0 Å². The molecule has 1 saturated heterocycles. The van der Waals surface area contributed by atoms with E-state index in [1.54, 1.807) is 23.2 Å². The molecule has 0 aliphatic carbocycles. The van der Waals surface area contributed by atoms with Crippen LogP contribution < -0.4 is 5.32 Å². The molecule has 0 atom stereocenters. The van der Waals surface area contributed by atoms with Gasteiger partial charge in [-0.3, -0.25) is 9.78 Å². The van der Waals surface area contributed by atoms with Gasteiger partial charge < -0.3 is 15.0 Å². The van der Waals surface area contributed by atoms with Gasteiger partial charge in [0.25, 0.3) is 5.91 Å². The normalized spacial score (nSPS) is 15.1. The van der Waals surface area contributed by atoms with E-state index in [0.29, 0.717) is 24.3 Å². The van der Waals surface area contributed by atoms with E-state index in [4.69, 9.17) is 16.3 Å². The van der Waals surface area contributed by atoms with Crippen LogP contribution >= 0.6 is 11.6 Å². The van der Waals surface area contributed by atoms with Crippen LogP contribution in [-0.2, 0) is 4.74 Å². The Morgan fingerprint density at radius 1 is 1.17 bits per heavy atom. The van der Waals surface area contributed by atoms with E-state index < -0.39 is 5.60 Å². The van der Waals surface area contributed by atoms with Crippen LogP contribution in [0.2, 0.25) is 5.15 Å². The predicted molar refractivity (Wildman–Crippen MR) is 111 cm³/mol. The second-order valence-electron chi connectivity index (χ2n) is 8.00. The first-order valence-corrected chi connectivity index (χ1v) is 9.96. The third kappa shape index (κ3) is 5.67. The van der Waals surface area contributed by atoms with Gasteiger partial charge in [0, 0.05) is 37.0 Å². The number of amides is 2. The molecule has 1 aliphatic heterocycles. The summed E-state index contributed by atoms with van der Waals surface area (Å²) in [5.41, 5.74) is 1.41. The average Bonchev–Trinajstić information content (AvgIpc) is 2.67.